The predicted octanol–water partition coefficient (Wildman–Crippen LogP) is 2.47. The summed E-state index contributed by atoms with van der Waals surface area (Å²) in [5.74, 6) is 0.722. The van der Waals surface area contributed by atoms with Crippen LogP contribution >= 0.6 is 11.6 Å². The van der Waals surface area contributed by atoms with Gasteiger partial charge in [0.1, 0.15) is 18.9 Å². The standard InChI is InChI=1S/C11H9N3.C2H5Cl/c12-7-10-1-3-11(4-2-10)8-14-6-5-13-9-14;1-2-3/h1-6,9H,8H2;2H2,1H3/p+1. The number of halogens is 1. The van der Waals surface area contributed by atoms with Gasteiger partial charge in [0, 0.05) is 5.88 Å². The van der Waals surface area contributed by atoms with Crippen LogP contribution in [-0.2, 0) is 6.54 Å². The van der Waals surface area contributed by atoms with Gasteiger partial charge in [-0.25, -0.2) is 4.57 Å². The monoisotopic (exact) mass is 248 g/mol. The predicted molar refractivity (Wildman–Crippen MR) is 67.6 cm³/mol. The fourth-order valence-electron chi connectivity index (χ4n) is 1.31. The number of aromatic amines is 1. The number of aromatic nitrogens is 2. The highest BCUT2D eigenvalue weighted by atomic mass is 35.5. The lowest BCUT2D eigenvalue weighted by Crippen LogP contribution is -2.30. The number of rotatable bonds is 2. The number of benzene rings is 1. The van der Waals surface area contributed by atoms with Gasteiger partial charge in [0.05, 0.1) is 11.6 Å². The average Bonchev–Trinajstić information content (AvgIpc) is 2.84. The van der Waals surface area contributed by atoms with Gasteiger partial charge >= 0.3 is 0 Å². The fraction of sp³-hybridized carbons (Fsp3) is 0.231. The molecule has 0 radical (unpaired) electrons. The third-order valence-corrected chi connectivity index (χ3v) is 2.05. The highest BCUT2D eigenvalue weighted by Gasteiger charge is 1.99. The summed E-state index contributed by atoms with van der Waals surface area (Å²) in [6.07, 6.45) is 5.75. The Labute approximate surface area is 106 Å². The van der Waals surface area contributed by atoms with Crippen molar-refractivity contribution in [2.45, 2.75) is 13.5 Å². The molecule has 0 amide bonds. The first-order chi connectivity index (χ1) is 8.30. The molecule has 2 rings (SSSR count). The first-order valence-electron chi connectivity index (χ1n) is 5.37. The normalized spacial score (nSPS) is 9.00. The SMILES string of the molecule is CCCl.N#Cc1ccc(C[n+]2cc[nH]c2)cc1. The molecule has 3 nitrogen and oxygen atoms in total. The highest BCUT2D eigenvalue weighted by Crippen LogP contribution is 2.02. The van der Waals surface area contributed by atoms with Gasteiger partial charge < -0.3 is 0 Å². The van der Waals surface area contributed by atoms with Crippen LogP contribution in [0.2, 0.25) is 0 Å². The molecule has 0 aliphatic carbocycles. The number of H-pyrrole nitrogens is 1. The molecule has 0 bridgehead atoms. The minimum absolute atomic E-state index is 0.702. The van der Waals surface area contributed by atoms with Crippen LogP contribution in [0.5, 0.6) is 0 Å². The summed E-state index contributed by atoms with van der Waals surface area (Å²) in [5, 5.41) is 8.62. The van der Waals surface area contributed by atoms with E-state index < -0.39 is 0 Å². The van der Waals surface area contributed by atoms with Crippen LogP contribution in [0.15, 0.2) is 43.0 Å². The Kier molecular flexibility index (Phi) is 5.84. The van der Waals surface area contributed by atoms with Crippen LogP contribution in [0.4, 0.5) is 0 Å². The minimum Gasteiger partial charge on any atom is -0.250 e. The fourth-order valence-corrected chi connectivity index (χ4v) is 1.31. The van der Waals surface area contributed by atoms with Crippen molar-refractivity contribution in [3.63, 3.8) is 0 Å². The van der Waals surface area contributed by atoms with Gasteiger partial charge in [-0.2, -0.15) is 5.26 Å². The lowest BCUT2D eigenvalue weighted by molar-refractivity contribution is -0.687. The van der Waals surface area contributed by atoms with Gasteiger partial charge in [0.15, 0.2) is 0 Å². The van der Waals surface area contributed by atoms with Crippen molar-refractivity contribution in [1.29, 1.82) is 5.26 Å². The van der Waals surface area contributed by atoms with Crippen molar-refractivity contribution in [2.24, 2.45) is 0 Å². The van der Waals surface area contributed by atoms with Gasteiger partial charge in [0.25, 0.3) is 0 Å². The first-order valence-corrected chi connectivity index (χ1v) is 5.90. The van der Waals surface area contributed by atoms with E-state index in [1.807, 2.05) is 54.5 Å². The first kappa shape index (κ1) is 13.3. The summed E-state index contributed by atoms with van der Waals surface area (Å²) >= 11 is 5.00. The lowest BCUT2D eigenvalue weighted by atomic mass is 10.1. The van der Waals surface area contributed by atoms with E-state index in [1.54, 1.807) is 0 Å². The lowest BCUT2D eigenvalue weighted by Gasteiger charge is -1.96. The van der Waals surface area contributed by atoms with Crippen molar-refractivity contribution < 1.29 is 4.57 Å². The van der Waals surface area contributed by atoms with E-state index >= 15 is 0 Å². The Morgan fingerprint density at radius 2 is 2.00 bits per heavy atom. The molecule has 0 unspecified atom stereocenters. The number of nitrogens with one attached hydrogen (secondary N) is 1. The largest absolute Gasteiger partial charge is 0.250 e. The summed E-state index contributed by atoms with van der Waals surface area (Å²) in [6, 6.07) is 9.71. The van der Waals surface area contributed by atoms with Crippen LogP contribution in [0.3, 0.4) is 0 Å². The molecule has 1 aromatic carbocycles. The Morgan fingerprint density at radius 3 is 2.47 bits per heavy atom. The van der Waals surface area contributed by atoms with Gasteiger partial charge in [-0.05, 0) is 17.7 Å². The van der Waals surface area contributed by atoms with Crippen molar-refractivity contribution in [2.75, 3.05) is 5.88 Å². The summed E-state index contributed by atoms with van der Waals surface area (Å²) in [7, 11) is 0. The van der Waals surface area contributed by atoms with Gasteiger partial charge in [-0.3, -0.25) is 4.98 Å². The molecule has 2 aromatic rings. The van der Waals surface area contributed by atoms with Gasteiger partial charge in [0.2, 0.25) is 6.33 Å². The Hall–Kier alpha value is -1.79. The summed E-state index contributed by atoms with van der Waals surface area (Å²) in [5.41, 5.74) is 1.89. The van der Waals surface area contributed by atoms with Crippen LogP contribution in [-0.4, -0.2) is 10.9 Å². The second-order valence-electron chi connectivity index (χ2n) is 3.36. The van der Waals surface area contributed by atoms with Gasteiger partial charge in [-0.1, -0.05) is 19.1 Å². The number of hydrogen-bond acceptors (Lipinski definition) is 1. The zero-order chi connectivity index (χ0) is 12.5. The molecule has 4 heteroatoms. The summed E-state index contributed by atoms with van der Waals surface area (Å²) < 4.78 is 2.04. The van der Waals surface area contributed by atoms with E-state index in [0.717, 1.165) is 12.4 Å². The molecule has 0 saturated heterocycles. The third kappa shape index (κ3) is 4.71. The molecule has 1 aromatic heterocycles. The molecule has 0 aliphatic heterocycles. The molecule has 1 heterocycles. The maximum Gasteiger partial charge on any atom is 0.241 e. The molecule has 0 aliphatic rings. The van der Waals surface area contributed by atoms with Crippen molar-refractivity contribution in [1.82, 2.24) is 4.98 Å². The molecule has 1 N–H and O–H groups in total. The minimum atomic E-state index is 0.702. The number of hydrogen-bond donors (Lipinski definition) is 1. The zero-order valence-electron chi connectivity index (χ0n) is 9.73. The van der Waals surface area contributed by atoms with E-state index in [1.165, 1.54) is 5.56 Å². The molecule has 17 heavy (non-hydrogen) atoms. The maximum absolute atomic E-state index is 8.62. The quantitative estimate of drug-likeness (QED) is 0.644. The zero-order valence-corrected chi connectivity index (χ0v) is 10.5. The number of alkyl halides is 1. The van der Waals surface area contributed by atoms with Crippen LogP contribution in [0.1, 0.15) is 18.1 Å². The number of nitrogens with zero attached hydrogens (tertiary/aromatic N) is 2. The topological polar surface area (TPSA) is 43.5 Å². The Bertz CT molecular complexity index is 454. The summed E-state index contributed by atoms with van der Waals surface area (Å²) in [6.45, 7) is 2.72. The number of nitriles is 1. The van der Waals surface area contributed by atoms with E-state index in [0.29, 0.717) is 5.56 Å². The summed E-state index contributed by atoms with van der Waals surface area (Å²) in [4.78, 5) is 2.98. The van der Waals surface area contributed by atoms with E-state index in [9.17, 15) is 0 Å². The number of imidazole rings is 1. The molecule has 0 spiro atoms. The van der Waals surface area contributed by atoms with Crippen molar-refractivity contribution in [3.05, 3.63) is 54.1 Å². The molecular formula is C13H15ClN3+. The average molecular weight is 249 g/mol. The van der Waals surface area contributed by atoms with Gasteiger partial charge in [-0.15, -0.1) is 11.6 Å². The highest BCUT2D eigenvalue weighted by molar-refractivity contribution is 6.17. The van der Waals surface area contributed by atoms with Crippen molar-refractivity contribution >= 4 is 11.6 Å². The van der Waals surface area contributed by atoms with Crippen LogP contribution in [0.25, 0.3) is 0 Å². The molecule has 0 atom stereocenters. The molecule has 0 fully saturated rings. The van der Waals surface area contributed by atoms with Crippen LogP contribution < -0.4 is 4.57 Å². The second-order valence-corrected chi connectivity index (χ2v) is 3.89. The molecule has 0 saturated carbocycles. The van der Waals surface area contributed by atoms with Crippen molar-refractivity contribution in [3.8, 4) is 6.07 Å². The second kappa shape index (κ2) is 7.48. The molecule has 88 valence electrons. The Morgan fingerprint density at radius 1 is 1.35 bits per heavy atom. The van der Waals surface area contributed by atoms with E-state index in [2.05, 4.69) is 11.1 Å². The maximum atomic E-state index is 8.62. The van der Waals surface area contributed by atoms with E-state index in [4.69, 9.17) is 16.9 Å². The smallest absolute Gasteiger partial charge is 0.241 e. The Balaban J connectivity index is 0.000000437. The molecular weight excluding hydrogens is 234 g/mol. The van der Waals surface area contributed by atoms with Crippen LogP contribution in [0, 0.1) is 11.3 Å². The van der Waals surface area contributed by atoms with E-state index in [-0.39, 0.29) is 0 Å². The third-order valence-electron chi connectivity index (χ3n) is 2.05.